The summed E-state index contributed by atoms with van der Waals surface area (Å²) in [7, 11) is 0. The van der Waals surface area contributed by atoms with Crippen molar-refractivity contribution in [2.75, 3.05) is 0 Å². The van der Waals surface area contributed by atoms with Crippen LogP contribution in [0.15, 0.2) is 121 Å². The Morgan fingerprint density at radius 1 is 0.667 bits per heavy atom. The lowest BCUT2D eigenvalue weighted by atomic mass is 9.64. The molecule has 0 aliphatic carbocycles. The van der Waals surface area contributed by atoms with Crippen LogP contribution in [0.5, 0.6) is 0 Å². The lowest BCUT2D eigenvalue weighted by Crippen LogP contribution is -2.43. The van der Waals surface area contributed by atoms with Crippen molar-refractivity contribution in [3.63, 3.8) is 0 Å². The summed E-state index contributed by atoms with van der Waals surface area (Å²) in [6, 6.07) is 40.1. The highest BCUT2D eigenvalue weighted by atomic mass is 32.1. The van der Waals surface area contributed by atoms with Gasteiger partial charge in [-0.1, -0.05) is 134 Å². The van der Waals surface area contributed by atoms with Crippen molar-refractivity contribution in [1.82, 2.24) is 0 Å². The van der Waals surface area contributed by atoms with Crippen molar-refractivity contribution in [2.24, 2.45) is 5.92 Å². The Hall–Kier alpha value is -3.56. The number of aryl methyl sites for hydroxylation is 1. The molecule has 4 aromatic carbocycles. The molecule has 1 atom stereocenters. The third kappa shape index (κ3) is 4.64. The maximum Gasteiger partial charge on any atom is 0.311 e. The Morgan fingerprint density at radius 2 is 1.03 bits per heavy atom. The van der Waals surface area contributed by atoms with E-state index in [1.807, 2.05) is 121 Å². The molecule has 0 aromatic heterocycles. The summed E-state index contributed by atoms with van der Waals surface area (Å²) in [6.07, 6.45) is 1.08. The summed E-state index contributed by atoms with van der Waals surface area (Å²) in [5.41, 5.74) is 3.16. The van der Waals surface area contributed by atoms with E-state index in [1.54, 1.807) is 0 Å². The number of carbonyl (C=O) groups is 1. The highest BCUT2D eigenvalue weighted by Gasteiger charge is 2.45. The van der Waals surface area contributed by atoms with Crippen LogP contribution in [0.3, 0.4) is 0 Å². The highest BCUT2D eigenvalue weighted by Crippen LogP contribution is 2.43. The molecular formula is C30H26O2S. The standard InChI is InChI=1S/C30H26O2S/c31-29(32)27(22-21-23-13-5-1-6-14-23)28(33)30(24-15-7-2-8-16-24,25-17-9-3-10-18-25)26-19-11-4-12-20-26/h1-20,27H,21-22H2,(H,31,32). The predicted molar refractivity (Wildman–Crippen MR) is 138 cm³/mol. The maximum atomic E-state index is 12.6. The molecule has 0 aliphatic heterocycles. The molecule has 1 unspecified atom stereocenters. The molecule has 0 saturated heterocycles. The molecule has 2 nitrogen and oxygen atoms in total. The lowest BCUT2D eigenvalue weighted by Gasteiger charge is -2.39. The summed E-state index contributed by atoms with van der Waals surface area (Å²) < 4.78 is 0. The lowest BCUT2D eigenvalue weighted by molar-refractivity contribution is -0.139. The van der Waals surface area contributed by atoms with Crippen molar-refractivity contribution >= 4 is 23.1 Å². The van der Waals surface area contributed by atoms with Gasteiger partial charge in [0.05, 0.1) is 11.3 Å². The normalized spacial score (nSPS) is 12.1. The van der Waals surface area contributed by atoms with Crippen molar-refractivity contribution in [1.29, 1.82) is 0 Å². The van der Waals surface area contributed by atoms with Crippen LogP contribution >= 0.6 is 12.2 Å². The Bertz CT molecular complexity index is 1090. The monoisotopic (exact) mass is 450 g/mol. The fraction of sp³-hybridized carbons (Fsp3) is 0.133. The van der Waals surface area contributed by atoms with Gasteiger partial charge in [-0.15, -0.1) is 0 Å². The van der Waals surface area contributed by atoms with Crippen molar-refractivity contribution in [3.05, 3.63) is 144 Å². The van der Waals surface area contributed by atoms with E-state index < -0.39 is 17.3 Å². The number of hydrogen-bond donors (Lipinski definition) is 1. The minimum atomic E-state index is -0.886. The summed E-state index contributed by atoms with van der Waals surface area (Å²) >= 11 is 6.17. The van der Waals surface area contributed by atoms with E-state index in [-0.39, 0.29) is 0 Å². The van der Waals surface area contributed by atoms with Gasteiger partial charge >= 0.3 is 5.97 Å². The number of benzene rings is 4. The number of aliphatic carboxylic acids is 1. The van der Waals surface area contributed by atoms with Gasteiger partial charge in [0.15, 0.2) is 0 Å². The van der Waals surface area contributed by atoms with E-state index in [2.05, 4.69) is 0 Å². The molecule has 164 valence electrons. The minimum Gasteiger partial charge on any atom is -0.481 e. The van der Waals surface area contributed by atoms with Crippen molar-refractivity contribution < 1.29 is 9.90 Å². The molecule has 0 aliphatic rings. The fourth-order valence-corrected chi connectivity index (χ4v) is 5.15. The first-order valence-electron chi connectivity index (χ1n) is 11.1. The predicted octanol–water partition coefficient (Wildman–Crippen LogP) is 6.72. The molecule has 0 spiro atoms. The van der Waals surface area contributed by atoms with E-state index in [9.17, 15) is 9.90 Å². The molecule has 4 aromatic rings. The van der Waals surface area contributed by atoms with E-state index in [0.717, 1.165) is 22.3 Å². The second kappa shape index (κ2) is 10.4. The van der Waals surface area contributed by atoms with Crippen LogP contribution in [-0.4, -0.2) is 15.9 Å². The van der Waals surface area contributed by atoms with Gasteiger partial charge in [0.1, 0.15) is 0 Å². The molecule has 0 bridgehead atoms. The second-order valence-electron chi connectivity index (χ2n) is 8.13. The average molecular weight is 451 g/mol. The first-order chi connectivity index (χ1) is 16.1. The van der Waals surface area contributed by atoms with Crippen LogP contribution in [0.1, 0.15) is 28.7 Å². The van der Waals surface area contributed by atoms with E-state index in [4.69, 9.17) is 12.2 Å². The number of rotatable bonds is 9. The zero-order chi connectivity index (χ0) is 23.1. The minimum absolute atomic E-state index is 0.437. The zero-order valence-electron chi connectivity index (χ0n) is 18.3. The average Bonchev–Trinajstić information content (AvgIpc) is 2.87. The molecule has 1 N–H and O–H groups in total. The van der Waals surface area contributed by atoms with Gasteiger partial charge in [-0.3, -0.25) is 4.79 Å². The molecule has 0 fully saturated rings. The van der Waals surface area contributed by atoms with E-state index in [0.29, 0.717) is 17.7 Å². The first-order valence-corrected chi connectivity index (χ1v) is 11.5. The first kappa shape index (κ1) is 22.6. The van der Waals surface area contributed by atoms with Gasteiger partial charge in [0, 0.05) is 4.86 Å². The van der Waals surface area contributed by atoms with Crippen LogP contribution in [0.4, 0.5) is 0 Å². The fourth-order valence-electron chi connectivity index (χ4n) is 4.57. The van der Waals surface area contributed by atoms with Crippen molar-refractivity contribution in [3.8, 4) is 0 Å². The third-order valence-corrected chi connectivity index (χ3v) is 6.76. The second-order valence-corrected chi connectivity index (χ2v) is 8.57. The van der Waals surface area contributed by atoms with Gasteiger partial charge in [-0.25, -0.2) is 0 Å². The van der Waals surface area contributed by atoms with Gasteiger partial charge in [0.2, 0.25) is 0 Å². The summed E-state index contributed by atoms with van der Waals surface area (Å²) in [4.78, 5) is 13.1. The van der Waals surface area contributed by atoms with Crippen LogP contribution in [0.25, 0.3) is 0 Å². The Labute approximate surface area is 200 Å². The van der Waals surface area contributed by atoms with Gasteiger partial charge in [-0.05, 0) is 35.1 Å². The SMILES string of the molecule is O=C(O)C(CCc1ccccc1)C(=S)C(c1ccccc1)(c1ccccc1)c1ccccc1. The van der Waals surface area contributed by atoms with Gasteiger partial charge in [-0.2, -0.15) is 0 Å². The number of carboxylic acids is 1. The summed E-state index contributed by atoms with van der Waals surface area (Å²) in [5.74, 6) is -1.68. The summed E-state index contributed by atoms with van der Waals surface area (Å²) in [6.45, 7) is 0. The Kier molecular flexibility index (Phi) is 7.11. The van der Waals surface area contributed by atoms with E-state index >= 15 is 0 Å². The molecular weight excluding hydrogens is 424 g/mol. The number of thiocarbonyl (C=S) groups is 1. The maximum absolute atomic E-state index is 12.6. The Morgan fingerprint density at radius 3 is 1.39 bits per heavy atom. The van der Waals surface area contributed by atoms with Crippen LogP contribution in [0.2, 0.25) is 0 Å². The molecule has 0 saturated carbocycles. The van der Waals surface area contributed by atoms with E-state index in [1.165, 1.54) is 0 Å². The topological polar surface area (TPSA) is 37.3 Å². The summed E-state index contributed by atoms with van der Waals surface area (Å²) in [5, 5.41) is 10.3. The molecule has 0 amide bonds. The van der Waals surface area contributed by atoms with Gasteiger partial charge < -0.3 is 5.11 Å². The molecule has 0 radical (unpaired) electrons. The van der Waals surface area contributed by atoms with Crippen molar-refractivity contribution in [2.45, 2.75) is 18.3 Å². The van der Waals surface area contributed by atoms with Crippen LogP contribution < -0.4 is 0 Å². The molecule has 33 heavy (non-hydrogen) atoms. The Balaban J connectivity index is 1.89. The molecule has 0 heterocycles. The number of hydrogen-bond acceptors (Lipinski definition) is 2. The highest BCUT2D eigenvalue weighted by molar-refractivity contribution is 7.80. The van der Waals surface area contributed by atoms with Crippen LogP contribution in [0, 0.1) is 5.92 Å². The third-order valence-electron chi connectivity index (χ3n) is 6.17. The quantitative estimate of drug-likeness (QED) is 0.227. The molecule has 4 rings (SSSR count). The van der Waals surface area contributed by atoms with Crippen LogP contribution in [-0.2, 0) is 16.6 Å². The largest absolute Gasteiger partial charge is 0.481 e. The molecule has 3 heteroatoms. The van der Waals surface area contributed by atoms with Gasteiger partial charge in [0.25, 0.3) is 0 Å². The number of carboxylic acid groups (broad SMARTS) is 1. The zero-order valence-corrected chi connectivity index (χ0v) is 19.1. The smallest absolute Gasteiger partial charge is 0.311 e.